The van der Waals surface area contributed by atoms with E-state index in [4.69, 9.17) is 9.84 Å². The Kier molecular flexibility index (Phi) is 4.08. The first kappa shape index (κ1) is 12.7. The Morgan fingerprint density at radius 2 is 2.22 bits per heavy atom. The monoisotopic (exact) mass is 255 g/mol. The molecule has 18 heavy (non-hydrogen) atoms. The van der Waals surface area contributed by atoms with Crippen LogP contribution in [0.25, 0.3) is 0 Å². The quantitative estimate of drug-likeness (QED) is 0.770. The number of tetrazole rings is 1. The van der Waals surface area contributed by atoms with Gasteiger partial charge >= 0.3 is 5.97 Å². The molecule has 8 nitrogen and oxygen atoms in total. The average molecular weight is 255 g/mol. The smallest absolute Gasteiger partial charge is 0.305 e. The SMILES string of the molecule is Cn1nnnc1N1CCC(OCCC(=O)O)CC1. The molecular weight excluding hydrogens is 238 g/mol. The molecule has 0 aliphatic carbocycles. The lowest BCUT2D eigenvalue weighted by atomic mass is 10.1. The Hall–Kier alpha value is -1.70. The highest BCUT2D eigenvalue weighted by Gasteiger charge is 2.22. The number of ether oxygens (including phenoxy) is 1. The second-order valence-electron chi connectivity index (χ2n) is 4.30. The molecule has 0 bridgehead atoms. The summed E-state index contributed by atoms with van der Waals surface area (Å²) in [5, 5.41) is 19.9. The molecule has 8 heteroatoms. The van der Waals surface area contributed by atoms with Crippen molar-refractivity contribution in [2.75, 3.05) is 24.6 Å². The highest BCUT2D eigenvalue weighted by molar-refractivity contribution is 5.66. The highest BCUT2D eigenvalue weighted by Crippen LogP contribution is 2.18. The van der Waals surface area contributed by atoms with E-state index in [0.717, 1.165) is 31.9 Å². The molecule has 2 rings (SSSR count). The Labute approximate surface area is 105 Å². The van der Waals surface area contributed by atoms with Crippen LogP contribution in [0.5, 0.6) is 0 Å². The zero-order valence-corrected chi connectivity index (χ0v) is 10.3. The van der Waals surface area contributed by atoms with Crippen molar-refractivity contribution in [3.63, 3.8) is 0 Å². The van der Waals surface area contributed by atoms with Gasteiger partial charge in [-0.2, -0.15) is 0 Å². The number of carbonyl (C=O) groups is 1. The van der Waals surface area contributed by atoms with Crippen LogP contribution in [0.4, 0.5) is 5.95 Å². The molecule has 0 atom stereocenters. The van der Waals surface area contributed by atoms with E-state index in [0.29, 0.717) is 0 Å². The van der Waals surface area contributed by atoms with E-state index in [1.807, 2.05) is 7.05 Å². The van der Waals surface area contributed by atoms with Gasteiger partial charge in [0.1, 0.15) is 0 Å². The van der Waals surface area contributed by atoms with Gasteiger partial charge in [0, 0.05) is 20.1 Å². The van der Waals surface area contributed by atoms with Crippen molar-refractivity contribution >= 4 is 11.9 Å². The van der Waals surface area contributed by atoms with Gasteiger partial charge in [-0.25, -0.2) is 4.68 Å². The summed E-state index contributed by atoms with van der Waals surface area (Å²) in [6.45, 7) is 1.93. The Morgan fingerprint density at radius 3 is 2.78 bits per heavy atom. The van der Waals surface area contributed by atoms with Gasteiger partial charge in [0.2, 0.25) is 5.95 Å². The largest absolute Gasteiger partial charge is 0.481 e. The minimum Gasteiger partial charge on any atom is -0.481 e. The fraction of sp³-hybridized carbons (Fsp3) is 0.800. The van der Waals surface area contributed by atoms with Gasteiger partial charge in [-0.05, 0) is 23.3 Å². The normalized spacial score (nSPS) is 17.1. The molecule has 0 unspecified atom stereocenters. The number of aliphatic carboxylic acids is 1. The number of anilines is 1. The van der Waals surface area contributed by atoms with E-state index in [-0.39, 0.29) is 19.1 Å². The molecule has 100 valence electrons. The number of aromatic nitrogens is 4. The molecule has 0 amide bonds. The molecule has 1 aromatic rings. The van der Waals surface area contributed by atoms with Crippen molar-refractivity contribution in [3.8, 4) is 0 Å². The Bertz CT molecular complexity index is 400. The predicted octanol–water partition coefficient (Wildman–Crippen LogP) is -0.330. The minimum atomic E-state index is -0.822. The van der Waals surface area contributed by atoms with Crippen LogP contribution in [0.15, 0.2) is 0 Å². The second-order valence-corrected chi connectivity index (χ2v) is 4.30. The summed E-state index contributed by atoms with van der Waals surface area (Å²) < 4.78 is 7.17. The summed E-state index contributed by atoms with van der Waals surface area (Å²) in [7, 11) is 1.81. The number of carboxylic acid groups (broad SMARTS) is 1. The van der Waals surface area contributed by atoms with Crippen LogP contribution in [-0.2, 0) is 16.6 Å². The van der Waals surface area contributed by atoms with Crippen molar-refractivity contribution in [1.82, 2.24) is 20.2 Å². The third-order valence-corrected chi connectivity index (χ3v) is 2.99. The minimum absolute atomic E-state index is 0.0629. The fourth-order valence-electron chi connectivity index (χ4n) is 2.03. The summed E-state index contributed by atoms with van der Waals surface area (Å²) in [6.07, 6.45) is 1.94. The average Bonchev–Trinajstić information content (AvgIpc) is 2.76. The van der Waals surface area contributed by atoms with Gasteiger partial charge in [-0.1, -0.05) is 5.10 Å². The second kappa shape index (κ2) is 5.76. The van der Waals surface area contributed by atoms with E-state index in [9.17, 15) is 4.79 Å². The molecule has 1 fully saturated rings. The Balaban J connectivity index is 1.75. The molecule has 1 saturated heterocycles. The summed E-state index contributed by atoms with van der Waals surface area (Å²) >= 11 is 0. The van der Waals surface area contributed by atoms with Crippen LogP contribution >= 0.6 is 0 Å². The molecule has 0 aromatic carbocycles. The molecule has 0 saturated carbocycles. The van der Waals surface area contributed by atoms with E-state index < -0.39 is 5.97 Å². The number of hydrogen-bond acceptors (Lipinski definition) is 6. The first-order valence-electron chi connectivity index (χ1n) is 5.97. The summed E-state index contributed by atoms with van der Waals surface area (Å²) in [4.78, 5) is 12.5. The summed E-state index contributed by atoms with van der Waals surface area (Å²) in [6, 6.07) is 0. The lowest BCUT2D eigenvalue weighted by molar-refractivity contribution is -0.138. The third-order valence-electron chi connectivity index (χ3n) is 2.99. The van der Waals surface area contributed by atoms with Crippen molar-refractivity contribution in [3.05, 3.63) is 0 Å². The first-order valence-corrected chi connectivity index (χ1v) is 5.97. The molecular formula is C10H17N5O3. The van der Waals surface area contributed by atoms with Crippen molar-refractivity contribution < 1.29 is 14.6 Å². The summed E-state index contributed by atoms with van der Waals surface area (Å²) in [5.74, 6) is -0.0587. The van der Waals surface area contributed by atoms with Crippen LogP contribution in [0.1, 0.15) is 19.3 Å². The predicted molar refractivity (Wildman–Crippen MR) is 62.2 cm³/mol. The zero-order valence-electron chi connectivity index (χ0n) is 10.3. The maximum Gasteiger partial charge on any atom is 0.305 e. The molecule has 1 N–H and O–H groups in total. The third kappa shape index (κ3) is 3.16. The van der Waals surface area contributed by atoms with E-state index in [1.54, 1.807) is 4.68 Å². The maximum atomic E-state index is 10.4. The first-order chi connectivity index (χ1) is 8.66. The molecule has 2 heterocycles. The van der Waals surface area contributed by atoms with E-state index in [2.05, 4.69) is 20.4 Å². The number of carboxylic acids is 1. The van der Waals surface area contributed by atoms with Gasteiger partial charge < -0.3 is 14.7 Å². The van der Waals surface area contributed by atoms with Crippen molar-refractivity contribution in [2.24, 2.45) is 7.05 Å². The van der Waals surface area contributed by atoms with E-state index in [1.165, 1.54) is 0 Å². The molecule has 0 radical (unpaired) electrons. The molecule has 1 aliphatic rings. The van der Waals surface area contributed by atoms with Crippen LogP contribution in [0.3, 0.4) is 0 Å². The lowest BCUT2D eigenvalue weighted by Gasteiger charge is -2.31. The number of nitrogens with zero attached hydrogens (tertiary/aromatic N) is 5. The standard InChI is InChI=1S/C10H17N5O3/c1-14-10(11-12-13-14)15-5-2-8(3-6-15)18-7-4-9(16)17/h8H,2-7H2,1H3,(H,16,17). The van der Waals surface area contributed by atoms with Gasteiger partial charge in [0.15, 0.2) is 0 Å². The van der Waals surface area contributed by atoms with Crippen LogP contribution in [0, 0.1) is 0 Å². The number of hydrogen-bond donors (Lipinski definition) is 1. The Morgan fingerprint density at radius 1 is 1.50 bits per heavy atom. The molecule has 1 aromatic heterocycles. The van der Waals surface area contributed by atoms with Crippen LogP contribution in [-0.4, -0.2) is 57.1 Å². The van der Waals surface area contributed by atoms with Crippen LogP contribution in [0.2, 0.25) is 0 Å². The molecule has 0 spiro atoms. The number of rotatable bonds is 5. The van der Waals surface area contributed by atoms with Crippen molar-refractivity contribution in [1.29, 1.82) is 0 Å². The summed E-state index contributed by atoms with van der Waals surface area (Å²) in [5.41, 5.74) is 0. The topological polar surface area (TPSA) is 93.4 Å². The fourth-order valence-corrected chi connectivity index (χ4v) is 2.03. The number of piperidine rings is 1. The van der Waals surface area contributed by atoms with E-state index >= 15 is 0 Å². The highest BCUT2D eigenvalue weighted by atomic mass is 16.5. The van der Waals surface area contributed by atoms with Gasteiger partial charge in [0.25, 0.3) is 0 Å². The lowest BCUT2D eigenvalue weighted by Crippen LogP contribution is -2.38. The zero-order chi connectivity index (χ0) is 13.0. The number of aryl methyl sites for hydroxylation is 1. The van der Waals surface area contributed by atoms with Gasteiger partial charge in [0.05, 0.1) is 19.1 Å². The van der Waals surface area contributed by atoms with Gasteiger partial charge in [-0.15, -0.1) is 0 Å². The van der Waals surface area contributed by atoms with Crippen LogP contribution < -0.4 is 4.90 Å². The van der Waals surface area contributed by atoms with Gasteiger partial charge in [-0.3, -0.25) is 4.79 Å². The molecule has 1 aliphatic heterocycles. The van der Waals surface area contributed by atoms with Crippen molar-refractivity contribution in [2.45, 2.75) is 25.4 Å². The maximum absolute atomic E-state index is 10.4.